The molecule has 1 saturated heterocycles. The van der Waals surface area contributed by atoms with Gasteiger partial charge < -0.3 is 4.74 Å². The summed E-state index contributed by atoms with van der Waals surface area (Å²) in [6, 6.07) is 15.6. The molecule has 1 aliphatic rings. The lowest BCUT2D eigenvalue weighted by molar-refractivity contribution is 0.401. The Morgan fingerprint density at radius 2 is 1.57 bits per heavy atom. The van der Waals surface area contributed by atoms with Crippen molar-refractivity contribution in [3.63, 3.8) is 0 Å². The molecule has 0 amide bonds. The molecule has 1 unspecified atom stereocenters. The standard InChI is InChI=1S/C24H19F3O/c1-2-17-8-7-16(13-21(17)25)4-3-15-5-9-18(10-6-15)19-11-12-20(22-14-28-22)24(27)23(19)26/h2,5-13,22H,1,3-4,14H2. The van der Waals surface area contributed by atoms with Crippen LogP contribution in [0.5, 0.6) is 0 Å². The van der Waals surface area contributed by atoms with Crippen molar-refractivity contribution >= 4 is 6.08 Å². The number of aryl methyl sites for hydroxylation is 2. The van der Waals surface area contributed by atoms with Crippen LogP contribution in [0.4, 0.5) is 13.2 Å². The molecule has 0 bridgehead atoms. The summed E-state index contributed by atoms with van der Waals surface area (Å²) in [5.41, 5.74) is 3.55. The van der Waals surface area contributed by atoms with Gasteiger partial charge in [0.2, 0.25) is 0 Å². The lowest BCUT2D eigenvalue weighted by Crippen LogP contribution is -1.97. The van der Waals surface area contributed by atoms with Gasteiger partial charge in [0.05, 0.1) is 6.61 Å². The van der Waals surface area contributed by atoms with Crippen molar-refractivity contribution in [2.75, 3.05) is 6.61 Å². The maximum Gasteiger partial charge on any atom is 0.167 e. The van der Waals surface area contributed by atoms with Crippen molar-refractivity contribution in [3.05, 3.63) is 101 Å². The van der Waals surface area contributed by atoms with Gasteiger partial charge in [-0.05, 0) is 35.6 Å². The zero-order valence-electron chi connectivity index (χ0n) is 15.2. The third-order valence-corrected chi connectivity index (χ3v) is 5.04. The van der Waals surface area contributed by atoms with Crippen molar-refractivity contribution < 1.29 is 17.9 Å². The average Bonchev–Trinajstić information content (AvgIpc) is 3.54. The summed E-state index contributed by atoms with van der Waals surface area (Å²) in [6.07, 6.45) is 2.58. The predicted molar refractivity (Wildman–Crippen MR) is 104 cm³/mol. The van der Waals surface area contributed by atoms with Crippen LogP contribution in [0.15, 0.2) is 61.2 Å². The maximum absolute atomic E-state index is 14.4. The fourth-order valence-electron chi connectivity index (χ4n) is 3.30. The molecule has 0 saturated carbocycles. The second kappa shape index (κ2) is 7.64. The van der Waals surface area contributed by atoms with Gasteiger partial charge in [-0.3, -0.25) is 0 Å². The molecule has 0 radical (unpaired) electrons. The molecule has 142 valence electrons. The van der Waals surface area contributed by atoms with E-state index in [9.17, 15) is 13.2 Å². The highest BCUT2D eigenvalue weighted by Crippen LogP contribution is 2.35. The molecule has 3 aromatic carbocycles. The van der Waals surface area contributed by atoms with E-state index < -0.39 is 11.6 Å². The van der Waals surface area contributed by atoms with Gasteiger partial charge in [-0.1, -0.05) is 61.2 Å². The quantitative estimate of drug-likeness (QED) is 0.459. The van der Waals surface area contributed by atoms with E-state index in [0.29, 0.717) is 24.2 Å². The topological polar surface area (TPSA) is 12.5 Å². The molecule has 1 heterocycles. The number of rotatable bonds is 6. The zero-order chi connectivity index (χ0) is 19.7. The van der Waals surface area contributed by atoms with Crippen LogP contribution in [-0.4, -0.2) is 6.61 Å². The third-order valence-electron chi connectivity index (χ3n) is 5.04. The second-order valence-electron chi connectivity index (χ2n) is 6.91. The molecule has 0 aromatic heterocycles. The first-order valence-corrected chi connectivity index (χ1v) is 9.16. The highest BCUT2D eigenvalue weighted by atomic mass is 19.2. The Bertz CT molecular complexity index is 1020. The maximum atomic E-state index is 14.4. The van der Waals surface area contributed by atoms with Crippen molar-refractivity contribution in [3.8, 4) is 11.1 Å². The average molecular weight is 380 g/mol. The fraction of sp³-hybridized carbons (Fsp3) is 0.167. The summed E-state index contributed by atoms with van der Waals surface area (Å²) >= 11 is 0. The van der Waals surface area contributed by atoms with Crippen LogP contribution < -0.4 is 0 Å². The van der Waals surface area contributed by atoms with Crippen molar-refractivity contribution in [1.82, 2.24) is 0 Å². The summed E-state index contributed by atoms with van der Waals surface area (Å²) in [4.78, 5) is 0. The van der Waals surface area contributed by atoms with Gasteiger partial charge in [-0.25, -0.2) is 13.2 Å². The highest BCUT2D eigenvalue weighted by Gasteiger charge is 2.30. The summed E-state index contributed by atoms with van der Waals surface area (Å²) in [7, 11) is 0. The van der Waals surface area contributed by atoms with E-state index in [0.717, 1.165) is 17.5 Å². The summed E-state index contributed by atoms with van der Waals surface area (Å²) in [6.45, 7) is 4.01. The van der Waals surface area contributed by atoms with Crippen molar-refractivity contribution in [2.24, 2.45) is 0 Å². The Hall–Kier alpha value is -2.85. The molecule has 0 spiro atoms. The molecule has 3 aromatic rings. The first-order chi connectivity index (χ1) is 13.6. The lowest BCUT2D eigenvalue weighted by atomic mass is 9.98. The fourth-order valence-corrected chi connectivity index (χ4v) is 3.30. The van der Waals surface area contributed by atoms with Crippen LogP contribution in [-0.2, 0) is 17.6 Å². The van der Waals surface area contributed by atoms with Crippen LogP contribution in [0.2, 0.25) is 0 Å². The third kappa shape index (κ3) is 3.73. The number of benzene rings is 3. The zero-order valence-corrected chi connectivity index (χ0v) is 15.2. The molecule has 0 aliphatic carbocycles. The Morgan fingerprint density at radius 1 is 0.893 bits per heavy atom. The number of hydrogen-bond acceptors (Lipinski definition) is 1. The molecule has 0 N–H and O–H groups in total. The van der Waals surface area contributed by atoms with Crippen molar-refractivity contribution in [1.29, 1.82) is 0 Å². The molecule has 1 atom stereocenters. The number of ether oxygens (including phenoxy) is 1. The van der Waals surface area contributed by atoms with Crippen LogP contribution in [0, 0.1) is 17.5 Å². The summed E-state index contributed by atoms with van der Waals surface area (Å²) in [5.74, 6) is -1.96. The van der Waals surface area contributed by atoms with Gasteiger partial charge in [-0.2, -0.15) is 0 Å². The normalized spacial score (nSPS) is 15.5. The Balaban J connectivity index is 1.47. The predicted octanol–water partition coefficient (Wildman–Crippen LogP) is 6.27. The molecule has 1 nitrogen and oxygen atoms in total. The van der Waals surface area contributed by atoms with Gasteiger partial charge in [0.1, 0.15) is 11.9 Å². The Kier molecular flexibility index (Phi) is 5.05. The highest BCUT2D eigenvalue weighted by molar-refractivity contribution is 5.65. The van der Waals surface area contributed by atoms with Gasteiger partial charge in [0.15, 0.2) is 11.6 Å². The van der Waals surface area contributed by atoms with Gasteiger partial charge in [-0.15, -0.1) is 0 Å². The Morgan fingerprint density at radius 3 is 2.21 bits per heavy atom. The molecule has 28 heavy (non-hydrogen) atoms. The minimum absolute atomic E-state index is 0.232. The number of halogens is 3. The molecule has 1 fully saturated rings. The van der Waals surface area contributed by atoms with E-state index in [-0.39, 0.29) is 23.0 Å². The van der Waals surface area contributed by atoms with Crippen LogP contribution >= 0.6 is 0 Å². The minimum Gasteiger partial charge on any atom is -0.368 e. The lowest BCUT2D eigenvalue weighted by Gasteiger charge is -2.09. The van der Waals surface area contributed by atoms with Gasteiger partial charge in [0, 0.05) is 16.7 Å². The van der Waals surface area contributed by atoms with Crippen LogP contribution in [0.25, 0.3) is 17.2 Å². The van der Waals surface area contributed by atoms with Crippen LogP contribution in [0.1, 0.15) is 28.4 Å². The smallest absolute Gasteiger partial charge is 0.167 e. The first kappa shape index (κ1) is 18.5. The summed E-state index contributed by atoms with van der Waals surface area (Å²) in [5, 5.41) is 0. The Labute approximate surface area is 162 Å². The first-order valence-electron chi connectivity index (χ1n) is 9.16. The van der Waals surface area contributed by atoms with Crippen molar-refractivity contribution in [2.45, 2.75) is 18.9 Å². The SMILES string of the molecule is C=Cc1ccc(CCc2ccc(-c3ccc(C4CO4)c(F)c3F)cc2)cc1F. The van der Waals surface area contributed by atoms with E-state index in [4.69, 9.17) is 4.74 Å². The van der Waals surface area contributed by atoms with Crippen LogP contribution in [0.3, 0.4) is 0 Å². The van der Waals surface area contributed by atoms with E-state index >= 15 is 0 Å². The molecule has 4 heteroatoms. The molecular formula is C24H19F3O. The van der Waals surface area contributed by atoms with Gasteiger partial charge >= 0.3 is 0 Å². The number of epoxide rings is 1. The van der Waals surface area contributed by atoms with Gasteiger partial charge in [0.25, 0.3) is 0 Å². The molecule has 1 aliphatic heterocycles. The van der Waals surface area contributed by atoms with E-state index in [2.05, 4.69) is 6.58 Å². The number of hydrogen-bond donors (Lipinski definition) is 0. The second-order valence-corrected chi connectivity index (χ2v) is 6.91. The van der Waals surface area contributed by atoms with E-state index in [1.807, 2.05) is 18.2 Å². The molecule has 4 rings (SSSR count). The minimum atomic E-state index is -0.849. The van der Waals surface area contributed by atoms with E-state index in [1.54, 1.807) is 30.3 Å². The monoisotopic (exact) mass is 380 g/mol. The molecular weight excluding hydrogens is 361 g/mol. The van der Waals surface area contributed by atoms with E-state index in [1.165, 1.54) is 12.1 Å². The summed E-state index contributed by atoms with van der Waals surface area (Å²) < 4.78 is 47.5. The largest absolute Gasteiger partial charge is 0.368 e.